The van der Waals surface area contributed by atoms with Crippen molar-refractivity contribution in [2.75, 3.05) is 19.8 Å². The average molecular weight is 351 g/mol. The summed E-state index contributed by atoms with van der Waals surface area (Å²) >= 11 is 1.97. The molecule has 2 atom stereocenters. The zero-order valence-electron chi connectivity index (χ0n) is 15.0. The summed E-state index contributed by atoms with van der Waals surface area (Å²) in [4.78, 5) is 16.1. The third-order valence-corrected chi connectivity index (χ3v) is 5.75. The van der Waals surface area contributed by atoms with Crippen molar-refractivity contribution in [3.05, 3.63) is 34.2 Å². The maximum Gasteiger partial charge on any atom is 0.250 e. The zero-order chi connectivity index (χ0) is 17.4. The summed E-state index contributed by atoms with van der Waals surface area (Å²) in [6.07, 6.45) is 7.92. The van der Waals surface area contributed by atoms with E-state index in [0.717, 1.165) is 42.8 Å². The Balaban J connectivity index is 1.66. The minimum Gasteiger partial charge on any atom is -0.356 e. The predicted octanol–water partition coefficient (Wildman–Crippen LogP) is 2.39. The maximum absolute atomic E-state index is 11.8. The molecule has 0 amide bonds. The Morgan fingerprint density at radius 2 is 2.21 bits per heavy atom. The second kappa shape index (κ2) is 9.77. The SMILES string of the molecule is CN=C(NCCCCn1c(C)cccc1=O)NC1CCC(SC)C1. The Kier molecular flexibility index (Phi) is 7.69. The number of nitrogens with one attached hydrogen (secondary N) is 2. The van der Waals surface area contributed by atoms with Crippen molar-refractivity contribution in [2.45, 2.75) is 56.9 Å². The summed E-state index contributed by atoms with van der Waals surface area (Å²) in [5.41, 5.74) is 1.11. The lowest BCUT2D eigenvalue weighted by Gasteiger charge is -2.17. The molecule has 0 aromatic carbocycles. The summed E-state index contributed by atoms with van der Waals surface area (Å²) in [5, 5.41) is 7.70. The number of pyridine rings is 1. The number of aliphatic imine (C=N–C) groups is 1. The average Bonchev–Trinajstić information content (AvgIpc) is 3.03. The standard InChI is InChI=1S/C18H30N4OS/c1-14-7-6-8-17(23)22(14)12-5-4-11-20-18(19-2)21-15-9-10-16(13-15)24-3/h6-8,15-16H,4-5,9-13H2,1-3H3,(H2,19,20,21). The second-order valence-corrected chi connectivity index (χ2v) is 7.51. The lowest BCUT2D eigenvalue weighted by atomic mass is 10.2. The molecular weight excluding hydrogens is 320 g/mol. The van der Waals surface area contributed by atoms with Gasteiger partial charge in [-0.15, -0.1) is 0 Å². The van der Waals surface area contributed by atoms with Crippen molar-refractivity contribution in [1.29, 1.82) is 0 Å². The number of rotatable bonds is 7. The van der Waals surface area contributed by atoms with Gasteiger partial charge in [0.2, 0.25) is 0 Å². The highest BCUT2D eigenvalue weighted by Gasteiger charge is 2.24. The van der Waals surface area contributed by atoms with Crippen molar-refractivity contribution in [2.24, 2.45) is 4.99 Å². The summed E-state index contributed by atoms with van der Waals surface area (Å²) in [6.45, 7) is 3.63. The molecule has 24 heavy (non-hydrogen) atoms. The summed E-state index contributed by atoms with van der Waals surface area (Å²) in [7, 11) is 1.82. The van der Waals surface area contributed by atoms with Gasteiger partial charge in [-0.2, -0.15) is 11.8 Å². The van der Waals surface area contributed by atoms with E-state index < -0.39 is 0 Å². The number of hydrogen-bond donors (Lipinski definition) is 2. The van der Waals surface area contributed by atoms with E-state index in [1.807, 2.05) is 42.4 Å². The minimum absolute atomic E-state index is 0.0880. The first-order valence-corrected chi connectivity index (χ1v) is 10.1. The van der Waals surface area contributed by atoms with E-state index in [4.69, 9.17) is 0 Å². The Hall–Kier alpha value is -1.43. The van der Waals surface area contributed by atoms with Gasteiger partial charge in [0.15, 0.2) is 5.96 Å². The largest absolute Gasteiger partial charge is 0.356 e. The van der Waals surface area contributed by atoms with Crippen LogP contribution < -0.4 is 16.2 Å². The van der Waals surface area contributed by atoms with Crippen molar-refractivity contribution in [1.82, 2.24) is 15.2 Å². The highest BCUT2D eigenvalue weighted by molar-refractivity contribution is 7.99. The van der Waals surface area contributed by atoms with Crippen LogP contribution >= 0.6 is 11.8 Å². The van der Waals surface area contributed by atoms with Gasteiger partial charge < -0.3 is 15.2 Å². The van der Waals surface area contributed by atoms with Gasteiger partial charge in [0, 0.05) is 43.2 Å². The Morgan fingerprint density at radius 3 is 2.88 bits per heavy atom. The van der Waals surface area contributed by atoms with Crippen LogP contribution in [0.15, 0.2) is 28.0 Å². The van der Waals surface area contributed by atoms with Crippen molar-refractivity contribution >= 4 is 17.7 Å². The fourth-order valence-corrected chi connectivity index (χ4v) is 3.98. The summed E-state index contributed by atoms with van der Waals surface area (Å²) in [5.74, 6) is 0.898. The van der Waals surface area contributed by atoms with E-state index in [2.05, 4.69) is 21.9 Å². The molecule has 0 saturated heterocycles. The van der Waals surface area contributed by atoms with Crippen LogP contribution in [0.1, 0.15) is 37.8 Å². The van der Waals surface area contributed by atoms with Crippen LogP contribution in [0.5, 0.6) is 0 Å². The molecule has 1 aromatic heterocycles. The Bertz CT molecular complexity index is 599. The molecule has 0 aliphatic heterocycles. The van der Waals surface area contributed by atoms with Crippen LogP contribution in [0.25, 0.3) is 0 Å². The molecule has 2 unspecified atom stereocenters. The molecule has 1 aliphatic rings. The van der Waals surface area contributed by atoms with Crippen LogP contribution in [-0.4, -0.2) is 41.7 Å². The minimum atomic E-state index is 0.0880. The van der Waals surface area contributed by atoms with Crippen LogP contribution in [0.4, 0.5) is 0 Å². The molecule has 6 heteroatoms. The molecule has 1 heterocycles. The van der Waals surface area contributed by atoms with Crippen LogP contribution in [0, 0.1) is 6.92 Å². The molecular formula is C18H30N4OS. The number of thioether (sulfide) groups is 1. The van der Waals surface area contributed by atoms with Gasteiger partial charge in [-0.25, -0.2) is 0 Å². The van der Waals surface area contributed by atoms with Gasteiger partial charge in [0.25, 0.3) is 5.56 Å². The lowest BCUT2D eigenvalue weighted by Crippen LogP contribution is -2.42. The highest BCUT2D eigenvalue weighted by atomic mass is 32.2. The first-order chi connectivity index (χ1) is 11.6. The number of guanidine groups is 1. The smallest absolute Gasteiger partial charge is 0.250 e. The van der Waals surface area contributed by atoms with Gasteiger partial charge in [-0.1, -0.05) is 6.07 Å². The van der Waals surface area contributed by atoms with Crippen molar-refractivity contribution < 1.29 is 0 Å². The highest BCUT2D eigenvalue weighted by Crippen LogP contribution is 2.27. The third-order valence-electron chi connectivity index (χ3n) is 4.65. The molecule has 5 nitrogen and oxygen atoms in total. The van der Waals surface area contributed by atoms with Gasteiger partial charge in [-0.05, 0) is 51.3 Å². The number of nitrogens with zero attached hydrogens (tertiary/aromatic N) is 2. The monoisotopic (exact) mass is 350 g/mol. The van der Waals surface area contributed by atoms with E-state index in [1.165, 1.54) is 19.3 Å². The molecule has 1 fully saturated rings. The fourth-order valence-electron chi connectivity index (χ4n) is 3.18. The maximum atomic E-state index is 11.8. The number of hydrogen-bond acceptors (Lipinski definition) is 3. The summed E-state index contributed by atoms with van der Waals surface area (Å²) < 4.78 is 1.84. The van der Waals surface area contributed by atoms with Crippen LogP contribution in [0.2, 0.25) is 0 Å². The van der Waals surface area contributed by atoms with Gasteiger partial charge in [0.1, 0.15) is 0 Å². The van der Waals surface area contributed by atoms with Gasteiger partial charge in [0.05, 0.1) is 0 Å². The van der Waals surface area contributed by atoms with E-state index in [1.54, 1.807) is 6.07 Å². The molecule has 2 rings (SSSR count). The molecule has 1 saturated carbocycles. The van der Waals surface area contributed by atoms with E-state index in [0.29, 0.717) is 6.04 Å². The number of aryl methyl sites for hydroxylation is 1. The summed E-state index contributed by atoms with van der Waals surface area (Å²) in [6, 6.07) is 5.96. The van der Waals surface area contributed by atoms with E-state index in [-0.39, 0.29) is 5.56 Å². The Labute approximate surface area is 149 Å². The molecule has 134 valence electrons. The first kappa shape index (κ1) is 18.9. The fraction of sp³-hybridized carbons (Fsp3) is 0.667. The number of aromatic nitrogens is 1. The van der Waals surface area contributed by atoms with E-state index >= 15 is 0 Å². The lowest BCUT2D eigenvalue weighted by molar-refractivity contribution is 0.568. The van der Waals surface area contributed by atoms with Crippen LogP contribution in [-0.2, 0) is 6.54 Å². The quantitative estimate of drug-likeness (QED) is 0.450. The molecule has 1 aromatic rings. The van der Waals surface area contributed by atoms with Crippen LogP contribution in [0.3, 0.4) is 0 Å². The molecule has 1 aliphatic carbocycles. The first-order valence-electron chi connectivity index (χ1n) is 8.80. The predicted molar refractivity (Wildman–Crippen MR) is 104 cm³/mol. The van der Waals surface area contributed by atoms with Gasteiger partial charge >= 0.3 is 0 Å². The van der Waals surface area contributed by atoms with Gasteiger partial charge in [-0.3, -0.25) is 9.79 Å². The topological polar surface area (TPSA) is 58.4 Å². The Morgan fingerprint density at radius 1 is 1.38 bits per heavy atom. The second-order valence-electron chi connectivity index (χ2n) is 6.38. The molecule has 0 radical (unpaired) electrons. The zero-order valence-corrected chi connectivity index (χ0v) is 15.9. The molecule has 0 spiro atoms. The van der Waals surface area contributed by atoms with Crippen molar-refractivity contribution in [3.8, 4) is 0 Å². The molecule has 2 N–H and O–H groups in total. The van der Waals surface area contributed by atoms with E-state index in [9.17, 15) is 4.79 Å². The molecule has 0 bridgehead atoms. The normalized spacial score (nSPS) is 21.0. The third kappa shape index (κ3) is 5.58. The number of unbranched alkanes of at least 4 members (excludes halogenated alkanes) is 1. The van der Waals surface area contributed by atoms with Crippen molar-refractivity contribution in [3.63, 3.8) is 0 Å².